The summed E-state index contributed by atoms with van der Waals surface area (Å²) in [4.78, 5) is 5.98. The molecule has 1 saturated heterocycles. The maximum absolute atomic E-state index is 12.3. The van der Waals surface area contributed by atoms with Crippen LogP contribution >= 0.6 is 0 Å². The molecular weight excluding hydrogens is 290 g/mol. The summed E-state index contributed by atoms with van der Waals surface area (Å²) in [7, 11) is -3.54. The lowest BCUT2D eigenvalue weighted by Crippen LogP contribution is -2.51. The van der Waals surface area contributed by atoms with Gasteiger partial charge in [-0.2, -0.15) is 9.57 Å². The largest absolute Gasteiger partial charge is 0.396 e. The molecule has 0 aromatic carbocycles. The Kier molecular flexibility index (Phi) is 4.65. The highest BCUT2D eigenvalue weighted by atomic mass is 32.2. The van der Waals surface area contributed by atoms with Gasteiger partial charge in [-0.05, 0) is 12.5 Å². The maximum Gasteiger partial charge on any atom is 0.230 e. The molecule has 0 spiro atoms. The van der Waals surface area contributed by atoms with Gasteiger partial charge in [-0.15, -0.1) is 0 Å². The second kappa shape index (κ2) is 6.28. The summed E-state index contributed by atoms with van der Waals surface area (Å²) >= 11 is 0. The van der Waals surface area contributed by atoms with Crippen LogP contribution in [0.4, 0.5) is 11.4 Å². The van der Waals surface area contributed by atoms with E-state index in [1.807, 2.05) is 17.0 Å². The molecule has 1 aliphatic rings. The van der Waals surface area contributed by atoms with E-state index >= 15 is 0 Å². The van der Waals surface area contributed by atoms with E-state index in [2.05, 4.69) is 4.98 Å². The Morgan fingerprint density at radius 2 is 2.10 bits per heavy atom. The number of hydrogen-bond donors (Lipinski definition) is 1. The molecule has 0 aliphatic carbocycles. The topological polar surface area (TPSA) is 103 Å². The molecule has 8 heteroatoms. The van der Waals surface area contributed by atoms with Crippen LogP contribution in [0.15, 0.2) is 18.5 Å². The van der Waals surface area contributed by atoms with Gasteiger partial charge in [0.1, 0.15) is 0 Å². The Morgan fingerprint density at radius 1 is 1.43 bits per heavy atom. The van der Waals surface area contributed by atoms with E-state index in [0.717, 1.165) is 5.69 Å². The van der Waals surface area contributed by atoms with E-state index in [1.165, 1.54) is 4.31 Å². The van der Waals surface area contributed by atoms with Crippen molar-refractivity contribution in [3.05, 3.63) is 18.5 Å². The summed E-state index contributed by atoms with van der Waals surface area (Å²) in [5.74, 6) is 0. The van der Waals surface area contributed by atoms with Crippen LogP contribution in [-0.2, 0) is 10.0 Å². The number of piperazine rings is 1. The molecule has 1 aliphatic heterocycles. The van der Waals surface area contributed by atoms with Crippen molar-refractivity contribution in [2.24, 2.45) is 0 Å². The molecule has 1 aromatic heterocycles. The normalized spacial score (nSPS) is 18.2. The van der Waals surface area contributed by atoms with Crippen LogP contribution in [0.25, 0.3) is 0 Å². The fourth-order valence-electron chi connectivity index (χ4n) is 2.42. The molecule has 0 amide bonds. The molecule has 21 heavy (non-hydrogen) atoms. The minimum atomic E-state index is -3.54. The molecule has 2 heterocycles. The Bertz CT molecular complexity index is 632. The number of nitriles is 1. The van der Waals surface area contributed by atoms with Crippen molar-refractivity contribution in [1.29, 1.82) is 5.26 Å². The van der Waals surface area contributed by atoms with Crippen molar-refractivity contribution in [1.82, 2.24) is 9.29 Å². The number of nitrogen functional groups attached to an aromatic ring is 1. The third kappa shape index (κ3) is 3.09. The van der Waals surface area contributed by atoms with Gasteiger partial charge in [-0.25, -0.2) is 8.42 Å². The van der Waals surface area contributed by atoms with Gasteiger partial charge in [-0.3, -0.25) is 4.98 Å². The number of rotatable bonds is 4. The number of hydrogen-bond acceptors (Lipinski definition) is 6. The number of nitrogens with two attached hydrogens (primary N) is 1. The van der Waals surface area contributed by atoms with Crippen molar-refractivity contribution in [2.75, 3.05) is 36.8 Å². The molecule has 0 bridgehead atoms. The quantitative estimate of drug-likeness (QED) is 0.864. The lowest BCUT2D eigenvalue weighted by atomic mass is 10.2. The van der Waals surface area contributed by atoms with Crippen LogP contribution in [0.3, 0.4) is 0 Å². The fraction of sp³-hybridized carbons (Fsp3) is 0.538. The predicted octanol–water partition coefficient (Wildman–Crippen LogP) is 0.418. The van der Waals surface area contributed by atoms with Crippen molar-refractivity contribution in [3.63, 3.8) is 0 Å². The first-order valence-electron chi connectivity index (χ1n) is 6.83. The average Bonchev–Trinajstić information content (AvgIpc) is 2.49. The van der Waals surface area contributed by atoms with E-state index in [1.54, 1.807) is 19.3 Å². The molecule has 2 rings (SSSR count). The molecular formula is C13H19N5O2S. The van der Waals surface area contributed by atoms with Crippen molar-refractivity contribution < 1.29 is 8.42 Å². The molecule has 0 radical (unpaired) electrons. The minimum Gasteiger partial charge on any atom is -0.396 e. The molecule has 1 atom stereocenters. The zero-order valence-corrected chi connectivity index (χ0v) is 12.8. The summed E-state index contributed by atoms with van der Waals surface area (Å²) in [6, 6.07) is 3.69. The lowest BCUT2D eigenvalue weighted by molar-refractivity contribution is 0.381. The van der Waals surface area contributed by atoms with Crippen molar-refractivity contribution >= 4 is 21.4 Å². The van der Waals surface area contributed by atoms with Gasteiger partial charge in [0.2, 0.25) is 10.0 Å². The molecule has 0 saturated carbocycles. The van der Waals surface area contributed by atoms with E-state index in [9.17, 15) is 8.42 Å². The second-order valence-corrected chi connectivity index (χ2v) is 7.01. The van der Waals surface area contributed by atoms with Crippen molar-refractivity contribution in [3.8, 4) is 6.07 Å². The zero-order chi connectivity index (χ0) is 15.5. The molecule has 114 valence electrons. The lowest BCUT2D eigenvalue weighted by Gasteiger charge is -2.36. The van der Waals surface area contributed by atoms with Gasteiger partial charge in [-0.1, -0.05) is 6.92 Å². The van der Waals surface area contributed by atoms with Crippen LogP contribution in [0, 0.1) is 11.3 Å². The summed E-state index contributed by atoms with van der Waals surface area (Å²) in [6.07, 6.45) is 3.55. The van der Waals surface area contributed by atoms with Gasteiger partial charge >= 0.3 is 0 Å². The van der Waals surface area contributed by atoms with Crippen LogP contribution in [0.1, 0.15) is 13.3 Å². The average molecular weight is 309 g/mol. The Hall–Kier alpha value is -1.85. The summed E-state index contributed by atoms with van der Waals surface area (Å²) in [5, 5.41) is 8.01. The summed E-state index contributed by atoms with van der Waals surface area (Å²) in [6.45, 7) is 3.54. The molecule has 1 fully saturated rings. The molecule has 1 unspecified atom stereocenters. The highest BCUT2D eigenvalue weighted by Gasteiger charge is 2.33. The van der Waals surface area contributed by atoms with Crippen LogP contribution < -0.4 is 10.6 Å². The molecule has 1 aromatic rings. The van der Waals surface area contributed by atoms with Gasteiger partial charge in [0.15, 0.2) is 5.25 Å². The number of nitrogens with zero attached hydrogens (tertiary/aromatic N) is 4. The van der Waals surface area contributed by atoms with Gasteiger partial charge in [0.25, 0.3) is 0 Å². The van der Waals surface area contributed by atoms with Gasteiger partial charge in [0.05, 0.1) is 23.6 Å². The highest BCUT2D eigenvalue weighted by Crippen LogP contribution is 2.24. The molecule has 7 nitrogen and oxygen atoms in total. The van der Waals surface area contributed by atoms with Crippen molar-refractivity contribution in [2.45, 2.75) is 18.6 Å². The third-order valence-electron chi connectivity index (χ3n) is 3.64. The first-order chi connectivity index (χ1) is 10.0. The van der Waals surface area contributed by atoms with E-state index in [0.29, 0.717) is 38.3 Å². The number of pyridine rings is 1. The van der Waals surface area contributed by atoms with E-state index < -0.39 is 15.3 Å². The Labute approximate surface area is 125 Å². The van der Waals surface area contributed by atoms with E-state index in [4.69, 9.17) is 11.0 Å². The van der Waals surface area contributed by atoms with Crippen LogP contribution in [0.5, 0.6) is 0 Å². The number of anilines is 2. The number of aromatic nitrogens is 1. The van der Waals surface area contributed by atoms with Crippen LogP contribution in [0.2, 0.25) is 0 Å². The minimum absolute atomic E-state index is 0.302. The predicted molar refractivity (Wildman–Crippen MR) is 81.0 cm³/mol. The SMILES string of the molecule is CCC(C#N)S(=O)(=O)N1CCN(c2ccncc2N)CC1. The van der Waals surface area contributed by atoms with Gasteiger partial charge < -0.3 is 10.6 Å². The monoisotopic (exact) mass is 309 g/mol. The third-order valence-corrected chi connectivity index (χ3v) is 5.88. The summed E-state index contributed by atoms with van der Waals surface area (Å²) in [5.41, 5.74) is 7.33. The number of sulfonamides is 1. The van der Waals surface area contributed by atoms with E-state index in [-0.39, 0.29) is 0 Å². The fourth-order valence-corrected chi connectivity index (χ4v) is 4.01. The Morgan fingerprint density at radius 3 is 2.62 bits per heavy atom. The van der Waals surface area contributed by atoms with Crippen LogP contribution in [-0.4, -0.2) is 49.1 Å². The standard InChI is InChI=1S/C13H19N5O2S/c1-2-11(9-14)21(19,20)18-7-5-17(6-8-18)13-3-4-16-10-12(13)15/h3-4,10-11H,2,5-8,15H2,1H3. The highest BCUT2D eigenvalue weighted by molar-refractivity contribution is 7.90. The first-order valence-corrected chi connectivity index (χ1v) is 8.34. The first kappa shape index (κ1) is 15.5. The molecule has 2 N–H and O–H groups in total. The van der Waals surface area contributed by atoms with Gasteiger partial charge in [0, 0.05) is 32.4 Å². The Balaban J connectivity index is 2.08. The second-order valence-electron chi connectivity index (χ2n) is 4.89. The summed E-state index contributed by atoms with van der Waals surface area (Å²) < 4.78 is 26.0. The zero-order valence-electron chi connectivity index (χ0n) is 11.9. The maximum atomic E-state index is 12.3. The smallest absolute Gasteiger partial charge is 0.230 e.